The van der Waals surface area contributed by atoms with Gasteiger partial charge in [0, 0.05) is 5.56 Å². The number of carbonyl (C=O) groups is 1. The number of aryl methyl sites for hydroxylation is 2. The molecule has 0 saturated heterocycles. The Morgan fingerprint density at radius 2 is 1.67 bits per heavy atom. The summed E-state index contributed by atoms with van der Waals surface area (Å²) in [4.78, 5) is 11.2. The van der Waals surface area contributed by atoms with Gasteiger partial charge in [-0.25, -0.2) is 4.79 Å². The van der Waals surface area contributed by atoms with Crippen LogP contribution in [0.25, 0.3) is 22.3 Å². The Labute approximate surface area is 172 Å². The van der Waals surface area contributed by atoms with Crippen molar-refractivity contribution in [1.29, 1.82) is 0 Å². The van der Waals surface area contributed by atoms with Gasteiger partial charge in [0.15, 0.2) is 0 Å². The summed E-state index contributed by atoms with van der Waals surface area (Å²) in [5.74, 6) is -0.453. The van der Waals surface area contributed by atoms with Gasteiger partial charge in [0.2, 0.25) is 0 Å². The molecule has 3 aromatic carbocycles. The smallest absolute Gasteiger partial charge is 0.416 e. The Hall–Kier alpha value is -3.28. The average Bonchev–Trinajstić information content (AvgIpc) is 2.72. The van der Waals surface area contributed by atoms with Crippen LogP contribution in [0.3, 0.4) is 0 Å². The second kappa shape index (κ2) is 8.22. The largest absolute Gasteiger partial charge is 0.496 e. The number of halogens is 3. The lowest BCUT2D eigenvalue weighted by Crippen LogP contribution is -2.06. The highest BCUT2D eigenvalue weighted by Gasteiger charge is 2.31. The van der Waals surface area contributed by atoms with E-state index in [0.29, 0.717) is 28.9 Å². The first-order valence-electron chi connectivity index (χ1n) is 9.38. The Balaban J connectivity index is 2.16. The minimum absolute atomic E-state index is 0.195. The zero-order valence-corrected chi connectivity index (χ0v) is 16.8. The van der Waals surface area contributed by atoms with Crippen molar-refractivity contribution < 1.29 is 27.8 Å². The van der Waals surface area contributed by atoms with Crippen molar-refractivity contribution in [3.63, 3.8) is 0 Å². The monoisotopic (exact) mass is 414 g/mol. The molecule has 0 aliphatic heterocycles. The predicted octanol–water partition coefficient (Wildman–Crippen LogP) is 6.62. The number of hydrogen-bond donors (Lipinski definition) is 1. The van der Waals surface area contributed by atoms with Crippen LogP contribution in [0.4, 0.5) is 13.2 Å². The number of alkyl halides is 3. The van der Waals surface area contributed by atoms with Crippen LogP contribution in [0.2, 0.25) is 0 Å². The molecule has 0 unspecified atom stereocenters. The summed E-state index contributed by atoms with van der Waals surface area (Å²) in [6.07, 6.45) is -3.98. The second-order valence-corrected chi connectivity index (χ2v) is 6.97. The molecule has 0 saturated carbocycles. The lowest BCUT2D eigenvalue weighted by atomic mass is 9.91. The van der Waals surface area contributed by atoms with Gasteiger partial charge in [-0.2, -0.15) is 13.2 Å². The Kier molecular flexibility index (Phi) is 5.87. The number of benzene rings is 3. The van der Waals surface area contributed by atoms with Crippen molar-refractivity contribution in [2.75, 3.05) is 7.11 Å². The van der Waals surface area contributed by atoms with Crippen molar-refractivity contribution in [2.24, 2.45) is 0 Å². The van der Waals surface area contributed by atoms with Crippen molar-refractivity contribution >= 4 is 5.97 Å². The third-order valence-electron chi connectivity index (χ3n) is 5.09. The lowest BCUT2D eigenvalue weighted by Gasteiger charge is -2.17. The fourth-order valence-electron chi connectivity index (χ4n) is 3.53. The van der Waals surface area contributed by atoms with E-state index in [4.69, 9.17) is 4.74 Å². The number of carboxylic acid groups (broad SMARTS) is 1. The fraction of sp³-hybridized carbons (Fsp3) is 0.208. The standard InChI is InChI=1S/C24H21F3O3/c1-4-15-12-18(24(25,26)27)7-9-20(15)21-13-16(6-10-22(21)30-3)19-8-5-17(23(28)29)11-14(19)2/h5-13H,4H2,1-3H3,(H,28,29). The average molecular weight is 414 g/mol. The van der Waals surface area contributed by atoms with Crippen molar-refractivity contribution in [3.05, 3.63) is 76.9 Å². The molecule has 3 nitrogen and oxygen atoms in total. The van der Waals surface area contributed by atoms with E-state index in [2.05, 4.69) is 0 Å². The maximum Gasteiger partial charge on any atom is 0.416 e. The highest BCUT2D eigenvalue weighted by atomic mass is 19.4. The van der Waals surface area contributed by atoms with Gasteiger partial charge in [0.05, 0.1) is 18.2 Å². The molecular weight excluding hydrogens is 393 g/mol. The number of carboxylic acids is 1. The normalized spacial score (nSPS) is 11.4. The summed E-state index contributed by atoms with van der Waals surface area (Å²) < 4.78 is 44.9. The van der Waals surface area contributed by atoms with Crippen molar-refractivity contribution in [3.8, 4) is 28.0 Å². The molecule has 1 N–H and O–H groups in total. The zero-order valence-electron chi connectivity index (χ0n) is 16.8. The van der Waals surface area contributed by atoms with Crippen LogP contribution in [-0.2, 0) is 12.6 Å². The first-order chi connectivity index (χ1) is 14.2. The van der Waals surface area contributed by atoms with E-state index in [1.807, 2.05) is 26.0 Å². The van der Waals surface area contributed by atoms with E-state index < -0.39 is 17.7 Å². The van der Waals surface area contributed by atoms with E-state index in [9.17, 15) is 23.1 Å². The van der Waals surface area contributed by atoms with Crippen LogP contribution in [0.15, 0.2) is 54.6 Å². The van der Waals surface area contributed by atoms with Crippen LogP contribution < -0.4 is 4.74 Å². The SMILES string of the molecule is CCc1cc(C(F)(F)F)ccc1-c1cc(-c2ccc(C(=O)O)cc2C)ccc1OC. The van der Waals surface area contributed by atoms with Crippen molar-refractivity contribution in [1.82, 2.24) is 0 Å². The van der Waals surface area contributed by atoms with Gasteiger partial charge in [-0.3, -0.25) is 0 Å². The molecule has 0 amide bonds. The highest BCUT2D eigenvalue weighted by molar-refractivity contribution is 5.89. The van der Waals surface area contributed by atoms with E-state index in [-0.39, 0.29) is 5.56 Å². The molecule has 0 aliphatic carbocycles. The summed E-state index contributed by atoms with van der Waals surface area (Å²) >= 11 is 0. The maximum absolute atomic E-state index is 13.1. The molecule has 3 aromatic rings. The number of methoxy groups -OCH3 is 1. The third kappa shape index (κ3) is 4.17. The molecule has 0 bridgehead atoms. The molecule has 30 heavy (non-hydrogen) atoms. The Morgan fingerprint density at radius 3 is 2.23 bits per heavy atom. The molecule has 6 heteroatoms. The maximum atomic E-state index is 13.1. The quantitative estimate of drug-likeness (QED) is 0.511. The first-order valence-corrected chi connectivity index (χ1v) is 9.38. The summed E-state index contributed by atoms with van der Waals surface area (Å²) in [6.45, 7) is 3.63. The van der Waals surface area contributed by atoms with Crippen LogP contribution in [-0.4, -0.2) is 18.2 Å². The van der Waals surface area contributed by atoms with Gasteiger partial charge < -0.3 is 9.84 Å². The van der Waals surface area contributed by atoms with Gasteiger partial charge in [0.25, 0.3) is 0 Å². The lowest BCUT2D eigenvalue weighted by molar-refractivity contribution is -0.137. The van der Waals surface area contributed by atoms with Crippen LogP contribution in [0, 0.1) is 6.92 Å². The number of aromatic carboxylic acids is 1. The summed E-state index contributed by atoms with van der Waals surface area (Å²) in [5, 5.41) is 9.17. The predicted molar refractivity (Wildman–Crippen MR) is 110 cm³/mol. The molecule has 3 rings (SSSR count). The fourth-order valence-corrected chi connectivity index (χ4v) is 3.53. The first kappa shape index (κ1) is 21.4. The van der Waals surface area contributed by atoms with Crippen LogP contribution >= 0.6 is 0 Å². The molecule has 0 fully saturated rings. The van der Waals surface area contributed by atoms with Crippen LogP contribution in [0.1, 0.15) is 34.0 Å². The molecular formula is C24H21F3O3. The summed E-state index contributed by atoms with van der Waals surface area (Å²) in [7, 11) is 1.51. The molecule has 0 atom stereocenters. The molecule has 156 valence electrons. The molecule has 0 aliphatic rings. The Bertz CT molecular complexity index is 1100. The van der Waals surface area contributed by atoms with Gasteiger partial charge in [0.1, 0.15) is 5.75 Å². The molecule has 0 heterocycles. The van der Waals surface area contributed by atoms with E-state index in [1.54, 1.807) is 18.2 Å². The second-order valence-electron chi connectivity index (χ2n) is 6.97. The van der Waals surface area contributed by atoms with E-state index in [0.717, 1.165) is 22.8 Å². The molecule has 0 radical (unpaired) electrons. The highest BCUT2D eigenvalue weighted by Crippen LogP contribution is 2.39. The number of hydrogen-bond acceptors (Lipinski definition) is 2. The van der Waals surface area contributed by atoms with Gasteiger partial charge >= 0.3 is 12.1 Å². The molecule has 0 spiro atoms. The van der Waals surface area contributed by atoms with Crippen molar-refractivity contribution in [2.45, 2.75) is 26.4 Å². The van der Waals surface area contributed by atoms with Gasteiger partial charge in [-0.05, 0) is 77.6 Å². The van der Waals surface area contributed by atoms with Crippen LogP contribution in [0.5, 0.6) is 5.75 Å². The summed E-state index contributed by atoms with van der Waals surface area (Å²) in [6, 6.07) is 14.1. The molecule has 0 aromatic heterocycles. The van der Waals surface area contributed by atoms with Gasteiger partial charge in [-0.15, -0.1) is 0 Å². The van der Waals surface area contributed by atoms with Gasteiger partial charge in [-0.1, -0.05) is 25.1 Å². The Morgan fingerprint density at radius 1 is 0.967 bits per heavy atom. The summed E-state index contributed by atoms with van der Waals surface area (Å²) in [5.41, 5.74) is 3.88. The third-order valence-corrected chi connectivity index (χ3v) is 5.09. The van der Waals surface area contributed by atoms with E-state index >= 15 is 0 Å². The minimum Gasteiger partial charge on any atom is -0.496 e. The topological polar surface area (TPSA) is 46.5 Å². The number of ether oxygens (including phenoxy) is 1. The van der Waals surface area contributed by atoms with E-state index in [1.165, 1.54) is 25.3 Å². The number of rotatable bonds is 5. The minimum atomic E-state index is -4.41. The zero-order chi connectivity index (χ0) is 22.1.